The van der Waals surface area contributed by atoms with Crippen LogP contribution in [0.2, 0.25) is 0 Å². The molecule has 0 bridgehead atoms. The lowest BCUT2D eigenvalue weighted by Gasteiger charge is -2.21. The SMILES string of the molecule is CCCCCCCCCCCCCCCCCCCCCCC(=O)O[C@H](COC(=O)CCCCCCCCCCCCCCCCCCCCC)COP(=O)(O)OC[C@@H](O)COP(=O)(O)OC[C@@H](COC(=O)CCCCCCCCCCC(C)CC)OC(=O)CCCCCCCCCCCCCC(C)C. The van der Waals surface area contributed by atoms with Crippen LogP contribution < -0.4 is 0 Å². The van der Waals surface area contributed by atoms with Gasteiger partial charge in [0, 0.05) is 25.7 Å². The Morgan fingerprint density at radius 1 is 0.276 bits per heavy atom. The summed E-state index contributed by atoms with van der Waals surface area (Å²) in [6.07, 6.45) is 69.4. The van der Waals surface area contributed by atoms with Crippen LogP contribution in [0.1, 0.15) is 459 Å². The molecule has 0 saturated carbocycles. The van der Waals surface area contributed by atoms with E-state index in [4.69, 9.17) is 37.0 Å². The summed E-state index contributed by atoms with van der Waals surface area (Å²) in [5.74, 6) is -0.560. The molecule has 3 unspecified atom stereocenters. The third-order valence-corrected chi connectivity index (χ3v) is 22.5. The summed E-state index contributed by atoms with van der Waals surface area (Å²) in [6.45, 7) is 9.67. The van der Waals surface area contributed by atoms with Crippen molar-refractivity contribution in [3.8, 4) is 0 Å². The fraction of sp³-hybridized carbons (Fsp3) is 0.953. The van der Waals surface area contributed by atoms with Gasteiger partial charge in [0.2, 0.25) is 0 Å². The molecule has 0 rings (SSSR count). The summed E-state index contributed by atoms with van der Waals surface area (Å²) < 4.78 is 68.9. The van der Waals surface area contributed by atoms with Crippen LogP contribution in [0, 0.1) is 11.8 Å². The average Bonchev–Trinajstić information content (AvgIpc) is 0.906. The van der Waals surface area contributed by atoms with Crippen LogP contribution in [0.15, 0.2) is 0 Å². The van der Waals surface area contributed by atoms with E-state index in [0.717, 1.165) is 102 Å². The zero-order valence-electron chi connectivity index (χ0n) is 69.0. The average molecular weight is 1540 g/mol. The number of ether oxygens (including phenoxy) is 4. The molecule has 105 heavy (non-hydrogen) atoms. The second kappa shape index (κ2) is 77.4. The van der Waals surface area contributed by atoms with Crippen molar-refractivity contribution in [2.75, 3.05) is 39.6 Å². The molecule has 0 aliphatic rings. The Balaban J connectivity index is 5.25. The Hall–Kier alpha value is -1.94. The molecule has 0 fully saturated rings. The monoisotopic (exact) mass is 1540 g/mol. The first-order valence-electron chi connectivity index (χ1n) is 44.5. The van der Waals surface area contributed by atoms with E-state index in [0.29, 0.717) is 25.7 Å². The Morgan fingerprint density at radius 3 is 0.724 bits per heavy atom. The number of aliphatic hydroxyl groups is 1. The van der Waals surface area contributed by atoms with E-state index in [1.807, 2.05) is 0 Å². The van der Waals surface area contributed by atoms with Gasteiger partial charge in [0.05, 0.1) is 26.4 Å². The fourth-order valence-electron chi connectivity index (χ4n) is 13.4. The van der Waals surface area contributed by atoms with Crippen molar-refractivity contribution in [1.82, 2.24) is 0 Å². The summed E-state index contributed by atoms with van der Waals surface area (Å²) in [7, 11) is -9.93. The number of phosphoric ester groups is 2. The van der Waals surface area contributed by atoms with Crippen LogP contribution in [0.4, 0.5) is 0 Å². The Labute approximate surface area is 645 Å². The van der Waals surface area contributed by atoms with E-state index >= 15 is 0 Å². The van der Waals surface area contributed by atoms with Gasteiger partial charge in [-0.25, -0.2) is 9.13 Å². The zero-order valence-corrected chi connectivity index (χ0v) is 70.8. The zero-order chi connectivity index (χ0) is 77.1. The van der Waals surface area contributed by atoms with Crippen molar-refractivity contribution in [3.05, 3.63) is 0 Å². The Kier molecular flexibility index (Phi) is 76.0. The van der Waals surface area contributed by atoms with Gasteiger partial charge in [-0.15, -0.1) is 0 Å². The number of esters is 4. The predicted molar refractivity (Wildman–Crippen MR) is 432 cm³/mol. The van der Waals surface area contributed by atoms with Crippen molar-refractivity contribution in [2.45, 2.75) is 477 Å². The highest BCUT2D eigenvalue weighted by Crippen LogP contribution is 2.45. The minimum Gasteiger partial charge on any atom is -0.462 e. The number of rotatable bonds is 85. The third kappa shape index (κ3) is 78.5. The van der Waals surface area contributed by atoms with Crippen molar-refractivity contribution in [2.24, 2.45) is 11.8 Å². The van der Waals surface area contributed by atoms with E-state index < -0.39 is 97.5 Å². The van der Waals surface area contributed by atoms with Gasteiger partial charge in [-0.05, 0) is 37.5 Å². The van der Waals surface area contributed by atoms with Crippen LogP contribution in [0.25, 0.3) is 0 Å². The lowest BCUT2D eigenvalue weighted by molar-refractivity contribution is -0.161. The highest BCUT2D eigenvalue weighted by atomic mass is 31.2. The van der Waals surface area contributed by atoms with Crippen LogP contribution in [-0.2, 0) is 65.4 Å². The summed E-state index contributed by atoms with van der Waals surface area (Å²) >= 11 is 0. The van der Waals surface area contributed by atoms with E-state index in [2.05, 4.69) is 41.5 Å². The molecule has 0 heterocycles. The maximum absolute atomic E-state index is 13.2. The summed E-state index contributed by atoms with van der Waals surface area (Å²) in [5, 5.41) is 10.7. The van der Waals surface area contributed by atoms with Gasteiger partial charge < -0.3 is 33.8 Å². The number of carbonyl (C=O) groups excluding carboxylic acids is 4. The van der Waals surface area contributed by atoms with E-state index in [-0.39, 0.29) is 25.7 Å². The van der Waals surface area contributed by atoms with Crippen LogP contribution in [0.5, 0.6) is 0 Å². The maximum Gasteiger partial charge on any atom is 0.472 e. The molecule has 6 atom stereocenters. The number of aliphatic hydroxyl groups excluding tert-OH is 1. The fourth-order valence-corrected chi connectivity index (χ4v) is 15.0. The van der Waals surface area contributed by atoms with E-state index in [9.17, 15) is 43.2 Å². The molecule has 0 aromatic carbocycles. The molecule has 624 valence electrons. The van der Waals surface area contributed by atoms with Gasteiger partial charge in [0.1, 0.15) is 19.3 Å². The highest BCUT2D eigenvalue weighted by Gasteiger charge is 2.30. The van der Waals surface area contributed by atoms with Crippen molar-refractivity contribution in [3.63, 3.8) is 0 Å². The topological polar surface area (TPSA) is 237 Å². The minimum atomic E-state index is -4.97. The first-order chi connectivity index (χ1) is 50.9. The summed E-state index contributed by atoms with van der Waals surface area (Å²) in [4.78, 5) is 73.2. The van der Waals surface area contributed by atoms with Gasteiger partial charge in [0.25, 0.3) is 0 Å². The van der Waals surface area contributed by atoms with Crippen molar-refractivity contribution >= 4 is 39.5 Å². The molecular weight excluding hydrogens is 1370 g/mol. The molecule has 17 nitrogen and oxygen atoms in total. The normalized spacial score (nSPS) is 14.1. The molecule has 0 aromatic rings. The van der Waals surface area contributed by atoms with Gasteiger partial charge >= 0.3 is 39.5 Å². The van der Waals surface area contributed by atoms with E-state index in [1.54, 1.807) is 0 Å². The standard InChI is InChI=1S/C86H168O17P2/c1-7-10-12-14-16-18-20-22-24-26-28-30-32-34-36-40-44-52-58-64-70-85(90)102-81(74-96-83(88)68-62-56-50-43-39-35-33-31-29-27-25-23-21-19-17-15-13-11-8-2)76-100-104(92,93)98-72-80(87)73-99-105(94,95)101-77-82(75-97-84(89)69-63-57-51-47-46-49-55-61-67-79(6)9-3)103-86(91)71-65-59-53-45-41-37-38-42-48-54-60-66-78(4)5/h78-82,87H,7-77H2,1-6H3,(H,92,93)(H,94,95)/t79?,80-,81-,82-/m1/s1. The second-order valence-electron chi connectivity index (χ2n) is 31.6. The third-order valence-electron chi connectivity index (χ3n) is 20.6. The number of phosphoric acid groups is 2. The Bertz CT molecular complexity index is 2010. The van der Waals surface area contributed by atoms with Crippen molar-refractivity contribution < 1.29 is 80.2 Å². The number of hydrogen-bond donors (Lipinski definition) is 3. The summed E-state index contributed by atoms with van der Waals surface area (Å²) in [6, 6.07) is 0. The molecule has 19 heteroatoms. The lowest BCUT2D eigenvalue weighted by Crippen LogP contribution is -2.30. The summed E-state index contributed by atoms with van der Waals surface area (Å²) in [5.41, 5.74) is 0. The van der Waals surface area contributed by atoms with Gasteiger partial charge in [-0.1, -0.05) is 408 Å². The van der Waals surface area contributed by atoms with Crippen LogP contribution in [-0.4, -0.2) is 96.7 Å². The van der Waals surface area contributed by atoms with Gasteiger partial charge in [0.15, 0.2) is 12.2 Å². The molecule has 0 radical (unpaired) electrons. The highest BCUT2D eigenvalue weighted by molar-refractivity contribution is 7.47. The van der Waals surface area contributed by atoms with Gasteiger partial charge in [-0.3, -0.25) is 37.3 Å². The van der Waals surface area contributed by atoms with Crippen LogP contribution >= 0.6 is 15.6 Å². The molecule has 0 spiro atoms. The minimum absolute atomic E-state index is 0.106. The first kappa shape index (κ1) is 103. The maximum atomic E-state index is 13.2. The molecule has 3 N–H and O–H groups in total. The largest absolute Gasteiger partial charge is 0.472 e. The number of carbonyl (C=O) groups is 4. The lowest BCUT2D eigenvalue weighted by atomic mass is 9.99. The molecular formula is C86H168O17P2. The quantitative estimate of drug-likeness (QED) is 0.0222. The van der Waals surface area contributed by atoms with E-state index in [1.165, 1.54) is 276 Å². The molecule has 0 aliphatic carbocycles. The predicted octanol–water partition coefficient (Wildman–Crippen LogP) is 26.2. The number of hydrogen-bond acceptors (Lipinski definition) is 15. The molecule has 0 aromatic heterocycles. The molecule has 0 amide bonds. The number of unbranched alkanes of at least 4 members (excludes halogenated alkanes) is 54. The first-order valence-corrected chi connectivity index (χ1v) is 47.5. The second-order valence-corrected chi connectivity index (χ2v) is 34.6. The molecule has 0 aliphatic heterocycles. The smallest absolute Gasteiger partial charge is 0.462 e. The Morgan fingerprint density at radius 2 is 0.486 bits per heavy atom. The van der Waals surface area contributed by atoms with Crippen LogP contribution in [0.3, 0.4) is 0 Å². The van der Waals surface area contributed by atoms with Crippen molar-refractivity contribution in [1.29, 1.82) is 0 Å². The molecule has 0 saturated heterocycles. The van der Waals surface area contributed by atoms with Gasteiger partial charge in [-0.2, -0.15) is 0 Å².